The van der Waals surface area contributed by atoms with E-state index in [1.54, 1.807) is 20.8 Å². The van der Waals surface area contributed by atoms with Crippen LogP contribution in [0.25, 0.3) is 0 Å². The number of halogens is 1. The maximum atomic E-state index is 13.9. The number of nitrogens with one attached hydrogen (secondary N) is 1. The third kappa shape index (κ3) is 3.23. The van der Waals surface area contributed by atoms with Gasteiger partial charge in [0.1, 0.15) is 12.1 Å². The maximum Gasteiger partial charge on any atom is 0.258 e. The van der Waals surface area contributed by atoms with E-state index >= 15 is 0 Å². The van der Waals surface area contributed by atoms with Crippen molar-refractivity contribution in [2.45, 2.75) is 64.2 Å². The SMILES string of the molecule is CC(C)(C)[C@H](NC(=O)C1(F)CC1)C(=O)N1CCC[C@H]1C(N)=O. The molecule has 0 aromatic rings. The number of hydrogen-bond acceptors (Lipinski definition) is 3. The Morgan fingerprint density at radius 1 is 1.32 bits per heavy atom. The minimum Gasteiger partial charge on any atom is -0.368 e. The van der Waals surface area contributed by atoms with E-state index in [0.29, 0.717) is 19.4 Å². The monoisotopic (exact) mass is 313 g/mol. The van der Waals surface area contributed by atoms with Crippen molar-refractivity contribution in [2.75, 3.05) is 6.54 Å². The van der Waals surface area contributed by atoms with E-state index in [9.17, 15) is 18.8 Å². The van der Waals surface area contributed by atoms with Crippen molar-refractivity contribution in [1.82, 2.24) is 10.2 Å². The Kier molecular flexibility index (Phi) is 4.19. The summed E-state index contributed by atoms with van der Waals surface area (Å²) in [4.78, 5) is 37.6. The molecule has 1 saturated heterocycles. The zero-order chi connectivity index (χ0) is 16.7. The number of amides is 3. The Hall–Kier alpha value is -1.66. The summed E-state index contributed by atoms with van der Waals surface area (Å²) in [7, 11) is 0. The molecule has 1 aliphatic heterocycles. The number of carbonyl (C=O) groups is 3. The van der Waals surface area contributed by atoms with Gasteiger partial charge in [0.15, 0.2) is 5.67 Å². The van der Waals surface area contributed by atoms with E-state index in [2.05, 4.69) is 5.32 Å². The molecule has 3 amide bonds. The molecule has 2 aliphatic rings. The summed E-state index contributed by atoms with van der Waals surface area (Å²) >= 11 is 0. The summed E-state index contributed by atoms with van der Waals surface area (Å²) in [5.74, 6) is -1.66. The molecule has 3 N–H and O–H groups in total. The van der Waals surface area contributed by atoms with Crippen LogP contribution in [0.4, 0.5) is 4.39 Å². The maximum absolute atomic E-state index is 13.9. The van der Waals surface area contributed by atoms with E-state index in [4.69, 9.17) is 5.73 Å². The number of rotatable bonds is 4. The predicted octanol–water partition coefficient (Wildman–Crippen LogP) is 0.496. The quantitative estimate of drug-likeness (QED) is 0.791. The van der Waals surface area contributed by atoms with Crippen LogP contribution < -0.4 is 11.1 Å². The van der Waals surface area contributed by atoms with Crippen molar-refractivity contribution < 1.29 is 18.8 Å². The summed E-state index contributed by atoms with van der Waals surface area (Å²) < 4.78 is 13.9. The molecule has 1 saturated carbocycles. The molecule has 7 heteroatoms. The number of carbonyl (C=O) groups excluding carboxylic acids is 3. The average molecular weight is 313 g/mol. The van der Waals surface area contributed by atoms with Gasteiger partial charge in [-0.2, -0.15) is 0 Å². The second-order valence-electron chi connectivity index (χ2n) is 7.33. The fourth-order valence-electron chi connectivity index (χ4n) is 2.74. The summed E-state index contributed by atoms with van der Waals surface area (Å²) in [6.45, 7) is 5.81. The summed E-state index contributed by atoms with van der Waals surface area (Å²) in [6.07, 6.45) is 1.60. The summed E-state index contributed by atoms with van der Waals surface area (Å²) in [5, 5.41) is 2.54. The summed E-state index contributed by atoms with van der Waals surface area (Å²) in [6, 6.07) is -1.53. The number of alkyl halides is 1. The van der Waals surface area contributed by atoms with Crippen LogP contribution in [0.5, 0.6) is 0 Å². The minimum atomic E-state index is -1.84. The Morgan fingerprint density at radius 2 is 1.91 bits per heavy atom. The van der Waals surface area contributed by atoms with Crippen LogP contribution in [0.3, 0.4) is 0 Å². The second kappa shape index (κ2) is 5.52. The first-order valence-corrected chi connectivity index (χ1v) is 7.66. The topological polar surface area (TPSA) is 92.5 Å². The van der Waals surface area contributed by atoms with Gasteiger partial charge in [0, 0.05) is 6.54 Å². The first-order valence-electron chi connectivity index (χ1n) is 7.66. The molecule has 0 aromatic carbocycles. The first kappa shape index (κ1) is 16.7. The molecule has 1 aliphatic carbocycles. The van der Waals surface area contributed by atoms with Crippen molar-refractivity contribution in [2.24, 2.45) is 11.1 Å². The lowest BCUT2D eigenvalue weighted by Gasteiger charge is -2.35. The molecule has 2 rings (SSSR count). The van der Waals surface area contributed by atoms with Gasteiger partial charge in [0.25, 0.3) is 5.91 Å². The van der Waals surface area contributed by atoms with E-state index < -0.39 is 35.0 Å². The highest BCUT2D eigenvalue weighted by Crippen LogP contribution is 2.40. The standard InChI is InChI=1S/C15H24FN3O3/c1-14(2,3)10(18-13(22)15(16)6-7-15)12(21)19-8-4-5-9(19)11(17)20/h9-10H,4-8H2,1-3H3,(H2,17,20)(H,18,22)/t9-,10+/m0/s1. The third-order valence-corrected chi connectivity index (χ3v) is 4.35. The molecule has 0 aromatic heterocycles. The molecule has 0 radical (unpaired) electrons. The Balaban J connectivity index is 2.16. The number of primary amides is 1. The van der Waals surface area contributed by atoms with Gasteiger partial charge >= 0.3 is 0 Å². The van der Waals surface area contributed by atoms with Crippen molar-refractivity contribution in [3.8, 4) is 0 Å². The van der Waals surface area contributed by atoms with Crippen LogP contribution in [0.2, 0.25) is 0 Å². The highest BCUT2D eigenvalue weighted by molar-refractivity contribution is 5.95. The number of likely N-dealkylation sites (tertiary alicyclic amines) is 1. The number of nitrogens with zero attached hydrogens (tertiary/aromatic N) is 1. The van der Waals surface area contributed by atoms with Crippen LogP contribution >= 0.6 is 0 Å². The minimum absolute atomic E-state index is 0.192. The fourth-order valence-corrected chi connectivity index (χ4v) is 2.74. The molecule has 0 bridgehead atoms. The van der Waals surface area contributed by atoms with Gasteiger partial charge in [0.2, 0.25) is 11.8 Å². The van der Waals surface area contributed by atoms with Gasteiger partial charge in [0.05, 0.1) is 0 Å². The van der Waals surface area contributed by atoms with Gasteiger partial charge in [-0.1, -0.05) is 20.8 Å². The van der Waals surface area contributed by atoms with E-state index in [-0.39, 0.29) is 18.7 Å². The zero-order valence-corrected chi connectivity index (χ0v) is 13.3. The van der Waals surface area contributed by atoms with Crippen LogP contribution in [0.15, 0.2) is 0 Å². The van der Waals surface area contributed by atoms with Crippen molar-refractivity contribution in [3.63, 3.8) is 0 Å². The summed E-state index contributed by atoms with van der Waals surface area (Å²) in [5.41, 5.74) is 2.91. The molecule has 2 fully saturated rings. The van der Waals surface area contributed by atoms with E-state index in [0.717, 1.165) is 0 Å². The lowest BCUT2D eigenvalue weighted by Crippen LogP contribution is -2.58. The average Bonchev–Trinajstić information content (AvgIpc) is 2.97. The van der Waals surface area contributed by atoms with Crippen molar-refractivity contribution in [3.05, 3.63) is 0 Å². The smallest absolute Gasteiger partial charge is 0.258 e. The van der Waals surface area contributed by atoms with Crippen LogP contribution in [0.1, 0.15) is 46.5 Å². The normalized spacial score (nSPS) is 24.7. The van der Waals surface area contributed by atoms with Gasteiger partial charge in [-0.15, -0.1) is 0 Å². The molecule has 6 nitrogen and oxygen atoms in total. The highest BCUT2D eigenvalue weighted by atomic mass is 19.1. The van der Waals surface area contributed by atoms with E-state index in [1.807, 2.05) is 0 Å². The number of hydrogen-bond donors (Lipinski definition) is 2. The zero-order valence-electron chi connectivity index (χ0n) is 13.3. The van der Waals surface area contributed by atoms with Crippen molar-refractivity contribution >= 4 is 17.7 Å². The van der Waals surface area contributed by atoms with Crippen molar-refractivity contribution in [1.29, 1.82) is 0 Å². The van der Waals surface area contributed by atoms with Crippen LogP contribution in [0, 0.1) is 5.41 Å². The fraction of sp³-hybridized carbons (Fsp3) is 0.800. The second-order valence-corrected chi connectivity index (χ2v) is 7.33. The Labute approximate surface area is 129 Å². The van der Waals surface area contributed by atoms with Crippen LogP contribution in [-0.4, -0.2) is 46.9 Å². The Morgan fingerprint density at radius 3 is 2.36 bits per heavy atom. The van der Waals surface area contributed by atoms with Crippen LogP contribution in [-0.2, 0) is 14.4 Å². The molecule has 2 atom stereocenters. The van der Waals surface area contributed by atoms with Gasteiger partial charge in [-0.3, -0.25) is 14.4 Å². The van der Waals surface area contributed by atoms with Gasteiger partial charge < -0.3 is 16.0 Å². The lowest BCUT2D eigenvalue weighted by molar-refractivity contribution is -0.144. The Bertz CT molecular complexity index is 497. The van der Waals surface area contributed by atoms with Gasteiger partial charge in [-0.05, 0) is 31.1 Å². The first-order chi connectivity index (χ1) is 10.1. The van der Waals surface area contributed by atoms with Gasteiger partial charge in [-0.25, -0.2) is 4.39 Å². The molecule has 0 spiro atoms. The van der Waals surface area contributed by atoms with E-state index in [1.165, 1.54) is 4.90 Å². The number of nitrogens with two attached hydrogens (primary N) is 1. The highest BCUT2D eigenvalue weighted by Gasteiger charge is 2.53. The molecular formula is C15H24FN3O3. The molecular weight excluding hydrogens is 289 g/mol. The largest absolute Gasteiger partial charge is 0.368 e. The molecule has 124 valence electrons. The predicted molar refractivity (Wildman–Crippen MR) is 78.4 cm³/mol. The molecule has 0 unspecified atom stereocenters. The lowest BCUT2D eigenvalue weighted by atomic mass is 9.85. The third-order valence-electron chi connectivity index (χ3n) is 4.35. The molecule has 22 heavy (non-hydrogen) atoms. The molecule has 1 heterocycles.